The number of methoxy groups -OCH3 is 1. The lowest BCUT2D eigenvalue weighted by molar-refractivity contribution is -0.113. The first-order chi connectivity index (χ1) is 12.9. The summed E-state index contributed by atoms with van der Waals surface area (Å²) < 4.78 is 5.52. The van der Waals surface area contributed by atoms with Gasteiger partial charge in [0.2, 0.25) is 0 Å². The monoisotopic (exact) mass is 362 g/mol. The van der Waals surface area contributed by atoms with Gasteiger partial charge >= 0.3 is 0 Å². The molecule has 0 saturated carbocycles. The third-order valence-corrected chi connectivity index (χ3v) is 5.76. The van der Waals surface area contributed by atoms with Gasteiger partial charge in [-0.05, 0) is 68.0 Å². The van der Waals surface area contributed by atoms with Crippen molar-refractivity contribution in [3.63, 3.8) is 0 Å². The standard InChI is InChI=1S/C23H26N2O2/c1-6-15-7-9-16(10-8-15)24-20-19-12-17(27-5)11-18-14(2)13-23(3,4)25(21(18)19)22(20)26/h7-12,14H,6,13H2,1-5H3/t14-/m1/s1. The second-order valence-corrected chi connectivity index (χ2v) is 8.15. The first-order valence-corrected chi connectivity index (χ1v) is 9.60. The summed E-state index contributed by atoms with van der Waals surface area (Å²) in [6.07, 6.45) is 1.90. The van der Waals surface area contributed by atoms with Crippen LogP contribution in [0.4, 0.5) is 11.4 Å². The Morgan fingerprint density at radius 3 is 2.56 bits per heavy atom. The van der Waals surface area contributed by atoms with Crippen LogP contribution in [0.15, 0.2) is 41.4 Å². The maximum atomic E-state index is 13.4. The molecule has 2 aromatic rings. The Balaban J connectivity index is 1.92. The maximum Gasteiger partial charge on any atom is 0.278 e. The van der Waals surface area contributed by atoms with Crippen LogP contribution < -0.4 is 9.64 Å². The van der Waals surface area contributed by atoms with Crippen LogP contribution in [0.3, 0.4) is 0 Å². The smallest absolute Gasteiger partial charge is 0.278 e. The highest BCUT2D eigenvalue weighted by molar-refractivity contribution is 6.55. The van der Waals surface area contributed by atoms with Crippen LogP contribution in [0.1, 0.15) is 56.7 Å². The number of anilines is 1. The lowest BCUT2D eigenvalue weighted by Gasteiger charge is -2.43. The van der Waals surface area contributed by atoms with Crippen molar-refractivity contribution in [1.29, 1.82) is 0 Å². The number of ether oxygens (including phenoxy) is 1. The van der Waals surface area contributed by atoms with E-state index in [1.165, 1.54) is 11.1 Å². The fourth-order valence-electron chi connectivity index (χ4n) is 4.45. The van der Waals surface area contributed by atoms with Crippen LogP contribution in [-0.2, 0) is 11.2 Å². The molecular formula is C23H26N2O2. The number of carbonyl (C=O) groups excluding carboxylic acids is 1. The zero-order valence-corrected chi connectivity index (χ0v) is 16.7. The Hall–Kier alpha value is -2.62. The Bertz CT molecular complexity index is 942. The summed E-state index contributed by atoms with van der Waals surface area (Å²) in [5.74, 6) is 1.12. The van der Waals surface area contributed by atoms with Crippen LogP contribution in [0.2, 0.25) is 0 Å². The van der Waals surface area contributed by atoms with Crippen LogP contribution >= 0.6 is 0 Å². The largest absolute Gasteiger partial charge is 0.497 e. The second-order valence-electron chi connectivity index (χ2n) is 8.15. The van der Waals surface area contributed by atoms with E-state index in [-0.39, 0.29) is 11.4 Å². The summed E-state index contributed by atoms with van der Waals surface area (Å²) >= 11 is 0. The average molecular weight is 362 g/mol. The molecule has 1 amide bonds. The number of hydrogen-bond acceptors (Lipinski definition) is 3. The zero-order chi connectivity index (χ0) is 19.3. The molecule has 0 aliphatic carbocycles. The minimum absolute atomic E-state index is 0.0176. The van der Waals surface area contributed by atoms with Crippen molar-refractivity contribution < 1.29 is 9.53 Å². The normalized spacial score (nSPS) is 21.5. The second kappa shape index (κ2) is 6.22. The van der Waals surface area contributed by atoms with Crippen molar-refractivity contribution in [2.45, 2.75) is 52.0 Å². The van der Waals surface area contributed by atoms with Gasteiger partial charge in [0, 0.05) is 11.1 Å². The molecule has 2 aliphatic rings. The molecule has 140 valence electrons. The summed E-state index contributed by atoms with van der Waals surface area (Å²) in [7, 11) is 1.67. The summed E-state index contributed by atoms with van der Waals surface area (Å²) in [5.41, 5.74) is 5.39. The molecule has 0 radical (unpaired) electrons. The lowest BCUT2D eigenvalue weighted by atomic mass is 9.80. The highest BCUT2D eigenvalue weighted by Crippen LogP contribution is 2.50. The number of benzene rings is 2. The molecule has 2 aliphatic heterocycles. The molecule has 2 aromatic carbocycles. The van der Waals surface area contributed by atoms with Gasteiger partial charge in [0.05, 0.1) is 18.5 Å². The van der Waals surface area contributed by atoms with Crippen LogP contribution in [0.25, 0.3) is 0 Å². The fraction of sp³-hybridized carbons (Fsp3) is 0.391. The third-order valence-electron chi connectivity index (χ3n) is 5.76. The minimum Gasteiger partial charge on any atom is -0.497 e. The molecule has 0 bridgehead atoms. The molecular weight excluding hydrogens is 336 g/mol. The number of carbonyl (C=O) groups is 1. The molecule has 0 saturated heterocycles. The molecule has 4 nitrogen and oxygen atoms in total. The van der Waals surface area contributed by atoms with Crippen molar-refractivity contribution in [2.75, 3.05) is 12.0 Å². The molecule has 27 heavy (non-hydrogen) atoms. The van der Waals surface area contributed by atoms with Gasteiger partial charge in [0.25, 0.3) is 5.91 Å². The Morgan fingerprint density at radius 2 is 1.93 bits per heavy atom. The van der Waals surface area contributed by atoms with Crippen LogP contribution in [0, 0.1) is 0 Å². The van der Waals surface area contributed by atoms with E-state index in [2.05, 4.69) is 45.9 Å². The van der Waals surface area contributed by atoms with Crippen LogP contribution in [-0.4, -0.2) is 24.3 Å². The molecule has 4 rings (SSSR count). The predicted molar refractivity (Wildman–Crippen MR) is 110 cm³/mol. The van der Waals surface area contributed by atoms with E-state index in [1.807, 2.05) is 23.1 Å². The topological polar surface area (TPSA) is 41.9 Å². The first kappa shape index (κ1) is 17.8. The van der Waals surface area contributed by atoms with Gasteiger partial charge in [0.1, 0.15) is 11.5 Å². The van der Waals surface area contributed by atoms with Crippen molar-refractivity contribution in [3.8, 4) is 5.75 Å². The van der Waals surface area contributed by atoms with Gasteiger partial charge in [-0.2, -0.15) is 0 Å². The summed E-state index contributed by atoms with van der Waals surface area (Å²) in [6.45, 7) is 8.62. The molecule has 0 fully saturated rings. The summed E-state index contributed by atoms with van der Waals surface area (Å²) in [4.78, 5) is 20.1. The molecule has 0 aromatic heterocycles. The van der Waals surface area contributed by atoms with E-state index in [0.717, 1.165) is 35.5 Å². The van der Waals surface area contributed by atoms with E-state index in [9.17, 15) is 4.79 Å². The number of hydrogen-bond donors (Lipinski definition) is 0. The van der Waals surface area contributed by atoms with Crippen molar-refractivity contribution in [3.05, 3.63) is 53.1 Å². The highest BCUT2D eigenvalue weighted by atomic mass is 16.5. The number of aryl methyl sites for hydroxylation is 1. The van der Waals surface area contributed by atoms with Crippen molar-refractivity contribution in [2.24, 2.45) is 4.99 Å². The molecule has 4 heteroatoms. The van der Waals surface area contributed by atoms with Gasteiger partial charge in [-0.3, -0.25) is 4.79 Å². The number of aliphatic imine (C=N–C) groups is 1. The molecule has 0 unspecified atom stereocenters. The van der Waals surface area contributed by atoms with E-state index >= 15 is 0 Å². The Labute approximate surface area is 160 Å². The van der Waals surface area contributed by atoms with Crippen LogP contribution in [0.5, 0.6) is 5.75 Å². The molecule has 1 atom stereocenters. The first-order valence-electron chi connectivity index (χ1n) is 9.60. The quantitative estimate of drug-likeness (QED) is 0.770. The van der Waals surface area contributed by atoms with E-state index in [1.54, 1.807) is 7.11 Å². The Morgan fingerprint density at radius 1 is 1.22 bits per heavy atom. The molecule has 0 N–H and O–H groups in total. The minimum atomic E-state index is -0.240. The number of amides is 1. The van der Waals surface area contributed by atoms with E-state index < -0.39 is 0 Å². The van der Waals surface area contributed by atoms with Gasteiger partial charge in [-0.15, -0.1) is 0 Å². The highest BCUT2D eigenvalue weighted by Gasteiger charge is 2.48. The zero-order valence-electron chi connectivity index (χ0n) is 16.7. The van der Waals surface area contributed by atoms with Crippen molar-refractivity contribution >= 4 is 23.0 Å². The van der Waals surface area contributed by atoms with Gasteiger partial charge in [0.15, 0.2) is 0 Å². The number of rotatable bonds is 3. The maximum absolute atomic E-state index is 13.4. The third kappa shape index (κ3) is 2.75. The SMILES string of the molecule is CCc1ccc(N=C2C(=O)N3c4c2cc(OC)cc4[C@H](C)CC3(C)C)cc1. The predicted octanol–water partition coefficient (Wildman–Crippen LogP) is 5.01. The van der Waals surface area contributed by atoms with Gasteiger partial charge in [-0.25, -0.2) is 4.99 Å². The summed E-state index contributed by atoms with van der Waals surface area (Å²) in [6, 6.07) is 12.1. The van der Waals surface area contributed by atoms with Gasteiger partial charge in [-0.1, -0.05) is 26.0 Å². The summed E-state index contributed by atoms with van der Waals surface area (Å²) in [5, 5.41) is 0. The van der Waals surface area contributed by atoms with Crippen molar-refractivity contribution in [1.82, 2.24) is 0 Å². The fourth-order valence-corrected chi connectivity index (χ4v) is 4.45. The van der Waals surface area contributed by atoms with E-state index in [0.29, 0.717) is 11.6 Å². The Kier molecular flexibility index (Phi) is 4.10. The molecule has 0 spiro atoms. The average Bonchev–Trinajstić information content (AvgIpc) is 2.93. The molecule has 2 heterocycles. The van der Waals surface area contributed by atoms with Gasteiger partial charge < -0.3 is 9.64 Å². The number of nitrogens with zero attached hydrogens (tertiary/aromatic N) is 2. The lowest BCUT2D eigenvalue weighted by Crippen LogP contribution is -2.50. The van der Waals surface area contributed by atoms with E-state index in [4.69, 9.17) is 9.73 Å².